The molecular formula is C18H19N3O4S. The normalized spacial score (nSPS) is 17.0. The Balaban J connectivity index is 2.01. The smallest absolute Gasteiger partial charge is 0.264 e. The number of hydrogen-bond acceptors (Lipinski definition) is 4. The number of sulfonamides is 1. The molecule has 136 valence electrons. The highest BCUT2D eigenvalue weighted by molar-refractivity contribution is 7.92. The second-order valence-electron chi connectivity index (χ2n) is 6.22. The molecule has 2 N–H and O–H groups in total. The fraction of sp³-hybridized carbons (Fsp3) is 0.222. The second-order valence-corrected chi connectivity index (χ2v) is 8.19. The van der Waals surface area contributed by atoms with Gasteiger partial charge in [0.1, 0.15) is 5.92 Å². The number of nitrogens with zero attached hydrogens (tertiary/aromatic N) is 1. The number of carbonyl (C=O) groups excluding carboxylic acids is 2. The Bertz CT molecular complexity index is 1000. The summed E-state index contributed by atoms with van der Waals surface area (Å²) in [6, 6.07) is 11.4. The number of nitrogens with one attached hydrogen (secondary N) is 2. The van der Waals surface area contributed by atoms with Crippen LogP contribution >= 0.6 is 0 Å². The lowest BCUT2D eigenvalue weighted by atomic mass is 10.1. The minimum absolute atomic E-state index is 0.0179. The van der Waals surface area contributed by atoms with Crippen LogP contribution in [0, 0.1) is 12.8 Å². The van der Waals surface area contributed by atoms with Crippen LogP contribution in [-0.4, -0.2) is 27.3 Å². The Hall–Kier alpha value is -2.87. The van der Waals surface area contributed by atoms with Crippen molar-refractivity contribution in [3.05, 3.63) is 48.0 Å². The number of aryl methyl sites for hydroxylation is 1. The van der Waals surface area contributed by atoms with E-state index in [1.807, 2.05) is 13.0 Å². The molecule has 0 saturated heterocycles. The average Bonchev–Trinajstić information content (AvgIpc) is 2.71. The Kier molecular flexibility index (Phi) is 4.45. The molecule has 2 aromatic carbocycles. The van der Waals surface area contributed by atoms with Crippen molar-refractivity contribution in [2.24, 2.45) is 5.92 Å². The lowest BCUT2D eigenvalue weighted by Crippen LogP contribution is -2.28. The van der Waals surface area contributed by atoms with Gasteiger partial charge in [-0.05, 0) is 49.7 Å². The van der Waals surface area contributed by atoms with Gasteiger partial charge in [0.05, 0.1) is 22.0 Å². The van der Waals surface area contributed by atoms with Crippen molar-refractivity contribution in [3.63, 3.8) is 0 Å². The van der Waals surface area contributed by atoms with Crippen molar-refractivity contribution in [2.75, 3.05) is 22.0 Å². The van der Waals surface area contributed by atoms with Gasteiger partial charge in [-0.15, -0.1) is 0 Å². The van der Waals surface area contributed by atoms with Crippen LogP contribution in [-0.2, 0) is 19.6 Å². The molecule has 0 fully saturated rings. The van der Waals surface area contributed by atoms with Gasteiger partial charge >= 0.3 is 0 Å². The van der Waals surface area contributed by atoms with Crippen LogP contribution < -0.4 is 14.9 Å². The van der Waals surface area contributed by atoms with Gasteiger partial charge < -0.3 is 10.6 Å². The molecule has 1 atom stereocenters. The summed E-state index contributed by atoms with van der Waals surface area (Å²) in [5.74, 6) is -1.78. The number of carbonyl (C=O) groups is 2. The summed E-state index contributed by atoms with van der Waals surface area (Å²) in [4.78, 5) is 23.9. The van der Waals surface area contributed by atoms with Gasteiger partial charge in [0, 0.05) is 7.05 Å². The van der Waals surface area contributed by atoms with Gasteiger partial charge in [-0.2, -0.15) is 0 Å². The zero-order valence-electron chi connectivity index (χ0n) is 14.6. The number of benzene rings is 2. The molecule has 2 aromatic rings. The van der Waals surface area contributed by atoms with Crippen molar-refractivity contribution >= 4 is 38.9 Å². The first-order chi connectivity index (χ1) is 12.2. The molecule has 8 heteroatoms. The van der Waals surface area contributed by atoms with Crippen LogP contribution in [0.5, 0.6) is 0 Å². The minimum atomic E-state index is -3.83. The Labute approximate surface area is 152 Å². The van der Waals surface area contributed by atoms with Crippen LogP contribution in [0.15, 0.2) is 47.4 Å². The summed E-state index contributed by atoms with van der Waals surface area (Å²) in [5, 5.41) is 5.22. The van der Waals surface area contributed by atoms with E-state index in [0.717, 1.165) is 5.56 Å². The summed E-state index contributed by atoms with van der Waals surface area (Å²) in [6.45, 7) is 3.37. The summed E-state index contributed by atoms with van der Waals surface area (Å²) in [6.07, 6.45) is 0. The molecule has 2 amide bonds. The standard InChI is InChI=1S/C18H19N3O4S/c1-11-5-4-6-13(9-11)21(3)26(24,25)14-7-8-15-16(10-14)20-18(23)12(2)17(22)19-15/h4-10,12H,1-3H3,(H,19,22)(H,20,23). The van der Waals surface area contributed by atoms with Gasteiger partial charge in [-0.3, -0.25) is 13.9 Å². The summed E-state index contributed by atoms with van der Waals surface area (Å²) in [5.41, 5.74) is 2.10. The van der Waals surface area contributed by atoms with Gasteiger partial charge in [-0.1, -0.05) is 12.1 Å². The highest BCUT2D eigenvalue weighted by Gasteiger charge is 2.29. The highest BCUT2D eigenvalue weighted by atomic mass is 32.2. The predicted molar refractivity (Wildman–Crippen MR) is 99.6 cm³/mol. The average molecular weight is 373 g/mol. The van der Waals surface area contributed by atoms with Crippen molar-refractivity contribution in [1.82, 2.24) is 0 Å². The van der Waals surface area contributed by atoms with E-state index in [-0.39, 0.29) is 10.6 Å². The number of anilines is 3. The van der Waals surface area contributed by atoms with Crippen molar-refractivity contribution in [1.29, 1.82) is 0 Å². The van der Waals surface area contributed by atoms with Crippen LogP contribution in [0.25, 0.3) is 0 Å². The molecule has 0 aliphatic carbocycles. The molecule has 3 rings (SSSR count). The zero-order valence-corrected chi connectivity index (χ0v) is 15.4. The minimum Gasteiger partial charge on any atom is -0.324 e. The Morgan fingerprint density at radius 3 is 2.27 bits per heavy atom. The first-order valence-corrected chi connectivity index (χ1v) is 9.45. The van der Waals surface area contributed by atoms with E-state index in [1.165, 1.54) is 36.5 Å². The largest absolute Gasteiger partial charge is 0.324 e. The predicted octanol–water partition coefficient (Wildman–Crippen LogP) is 2.35. The van der Waals surface area contributed by atoms with E-state index in [4.69, 9.17) is 0 Å². The Morgan fingerprint density at radius 1 is 0.962 bits per heavy atom. The van der Waals surface area contributed by atoms with Crippen LogP contribution in [0.3, 0.4) is 0 Å². The lowest BCUT2D eigenvalue weighted by molar-refractivity contribution is -0.128. The third kappa shape index (κ3) is 3.15. The van der Waals surface area contributed by atoms with E-state index in [1.54, 1.807) is 18.2 Å². The van der Waals surface area contributed by atoms with E-state index < -0.39 is 27.8 Å². The van der Waals surface area contributed by atoms with Crippen molar-refractivity contribution < 1.29 is 18.0 Å². The Morgan fingerprint density at radius 2 is 1.62 bits per heavy atom. The zero-order chi connectivity index (χ0) is 19.1. The number of rotatable bonds is 3. The highest BCUT2D eigenvalue weighted by Crippen LogP contribution is 2.31. The van der Waals surface area contributed by atoms with Crippen LogP contribution in [0.1, 0.15) is 12.5 Å². The number of hydrogen-bond donors (Lipinski definition) is 2. The topological polar surface area (TPSA) is 95.6 Å². The first kappa shape index (κ1) is 17.9. The molecule has 1 aliphatic heterocycles. The molecule has 7 nitrogen and oxygen atoms in total. The SMILES string of the molecule is Cc1cccc(N(C)S(=O)(=O)c2ccc3c(c2)NC(=O)C(C)C(=O)N3)c1. The first-order valence-electron chi connectivity index (χ1n) is 8.01. The molecule has 0 bridgehead atoms. The number of amides is 2. The van der Waals surface area contributed by atoms with E-state index in [9.17, 15) is 18.0 Å². The quantitative estimate of drug-likeness (QED) is 0.807. The molecule has 0 aromatic heterocycles. The van der Waals surface area contributed by atoms with Gasteiger partial charge in [0.2, 0.25) is 11.8 Å². The fourth-order valence-corrected chi connectivity index (χ4v) is 3.83. The van der Waals surface area contributed by atoms with E-state index in [2.05, 4.69) is 10.6 Å². The molecule has 0 radical (unpaired) electrons. The molecular weight excluding hydrogens is 354 g/mol. The monoisotopic (exact) mass is 373 g/mol. The van der Waals surface area contributed by atoms with Crippen LogP contribution in [0.2, 0.25) is 0 Å². The van der Waals surface area contributed by atoms with Gasteiger partial charge in [0.15, 0.2) is 0 Å². The molecule has 1 aliphatic rings. The summed E-state index contributed by atoms with van der Waals surface area (Å²) < 4.78 is 27.1. The third-order valence-electron chi connectivity index (χ3n) is 4.32. The molecule has 26 heavy (non-hydrogen) atoms. The second kappa shape index (κ2) is 6.45. The maximum Gasteiger partial charge on any atom is 0.264 e. The van der Waals surface area contributed by atoms with E-state index >= 15 is 0 Å². The van der Waals surface area contributed by atoms with Crippen molar-refractivity contribution in [3.8, 4) is 0 Å². The fourth-order valence-electron chi connectivity index (χ4n) is 2.62. The van der Waals surface area contributed by atoms with Crippen molar-refractivity contribution in [2.45, 2.75) is 18.7 Å². The molecule has 0 saturated carbocycles. The van der Waals surface area contributed by atoms with Gasteiger partial charge in [0.25, 0.3) is 10.0 Å². The maximum absolute atomic E-state index is 13.0. The maximum atomic E-state index is 13.0. The number of fused-ring (bicyclic) bond motifs is 1. The van der Waals surface area contributed by atoms with E-state index in [0.29, 0.717) is 11.4 Å². The van der Waals surface area contributed by atoms with Gasteiger partial charge in [-0.25, -0.2) is 8.42 Å². The summed E-state index contributed by atoms with van der Waals surface area (Å²) >= 11 is 0. The molecule has 1 unspecified atom stereocenters. The lowest BCUT2D eigenvalue weighted by Gasteiger charge is -2.20. The van der Waals surface area contributed by atoms with Crippen LogP contribution in [0.4, 0.5) is 17.1 Å². The molecule has 1 heterocycles. The third-order valence-corrected chi connectivity index (χ3v) is 6.10. The summed E-state index contributed by atoms with van der Waals surface area (Å²) in [7, 11) is -2.36. The molecule has 0 spiro atoms.